The summed E-state index contributed by atoms with van der Waals surface area (Å²) in [6.45, 7) is 1.39. The third-order valence-corrected chi connectivity index (χ3v) is 7.28. The van der Waals surface area contributed by atoms with Crippen molar-refractivity contribution in [2.45, 2.75) is 25.4 Å². The van der Waals surface area contributed by atoms with Crippen LogP contribution in [0.25, 0.3) is 0 Å². The number of nitrogens with zero attached hydrogens (tertiary/aromatic N) is 5. The van der Waals surface area contributed by atoms with Crippen molar-refractivity contribution >= 4 is 58.4 Å². The van der Waals surface area contributed by atoms with Crippen LogP contribution in [0.15, 0.2) is 77.1 Å². The second-order valence-electron chi connectivity index (χ2n) is 8.20. The monoisotopic (exact) mass is 527 g/mol. The van der Waals surface area contributed by atoms with Gasteiger partial charge in [-0.1, -0.05) is 41.4 Å². The average Bonchev–Trinajstić information content (AvgIpc) is 3.48. The zero-order chi connectivity index (χ0) is 24.4. The predicted molar refractivity (Wildman–Crippen MR) is 143 cm³/mol. The van der Waals surface area contributed by atoms with Crippen molar-refractivity contribution in [2.75, 3.05) is 17.3 Å². The maximum Gasteiger partial charge on any atom is 0.303 e. The van der Waals surface area contributed by atoms with E-state index >= 15 is 0 Å². The Labute approximate surface area is 217 Å². The van der Waals surface area contributed by atoms with Crippen molar-refractivity contribution in [1.82, 2.24) is 8.98 Å². The summed E-state index contributed by atoms with van der Waals surface area (Å²) in [6, 6.07) is 16.8. The van der Waals surface area contributed by atoms with E-state index in [1.165, 1.54) is 0 Å². The van der Waals surface area contributed by atoms with E-state index in [9.17, 15) is 9.90 Å². The lowest BCUT2D eigenvalue weighted by atomic mass is 10.00. The zero-order valence-corrected chi connectivity index (χ0v) is 21.0. The van der Waals surface area contributed by atoms with Crippen molar-refractivity contribution in [3.05, 3.63) is 88.2 Å². The van der Waals surface area contributed by atoms with Crippen LogP contribution in [0.1, 0.15) is 24.0 Å². The Balaban J connectivity index is 1.53. The van der Waals surface area contributed by atoms with Crippen molar-refractivity contribution in [1.29, 1.82) is 0 Å². The number of rotatable bonds is 8. The minimum Gasteiger partial charge on any atom is -0.481 e. The van der Waals surface area contributed by atoms with Gasteiger partial charge in [-0.15, -0.1) is 5.10 Å². The summed E-state index contributed by atoms with van der Waals surface area (Å²) < 4.78 is 4.07. The zero-order valence-electron chi connectivity index (χ0n) is 18.7. The first kappa shape index (κ1) is 23.8. The molecule has 3 aromatic rings. The molecule has 0 saturated carbocycles. The number of halogens is 2. The van der Waals surface area contributed by atoms with E-state index in [1.54, 1.807) is 11.9 Å². The number of carboxylic acid groups (broad SMARTS) is 1. The minimum atomic E-state index is -0.868. The number of hydrogen-bond acceptors (Lipinski definition) is 6. The number of aliphatic imine (C=N–C) groups is 1. The lowest BCUT2D eigenvalue weighted by Crippen LogP contribution is -2.36. The van der Waals surface area contributed by atoms with Crippen LogP contribution < -0.4 is 4.90 Å². The van der Waals surface area contributed by atoms with E-state index in [1.807, 2.05) is 71.4 Å². The summed E-state index contributed by atoms with van der Waals surface area (Å²) in [5, 5.41) is 15.4. The number of hydrogen-bond donors (Lipinski definition) is 1. The van der Waals surface area contributed by atoms with Gasteiger partial charge in [0.1, 0.15) is 12.7 Å². The molecule has 2 aromatic carbocycles. The molecule has 0 spiro atoms. The highest BCUT2D eigenvalue weighted by atomic mass is 35.5. The molecule has 0 bridgehead atoms. The molecule has 5 rings (SSSR count). The number of anilines is 1. The molecule has 180 valence electrons. The summed E-state index contributed by atoms with van der Waals surface area (Å²) >= 11 is 14.6. The van der Waals surface area contributed by atoms with Crippen LogP contribution in [0.2, 0.25) is 10.0 Å². The Morgan fingerprint density at radius 2 is 1.89 bits per heavy atom. The van der Waals surface area contributed by atoms with Crippen molar-refractivity contribution in [2.24, 2.45) is 10.1 Å². The van der Waals surface area contributed by atoms with Gasteiger partial charge >= 0.3 is 5.97 Å². The molecule has 0 saturated heterocycles. The quantitative estimate of drug-likeness (QED) is 0.384. The van der Waals surface area contributed by atoms with E-state index in [0.717, 1.165) is 34.9 Å². The fourth-order valence-electron chi connectivity index (χ4n) is 4.22. The topological polar surface area (TPSA) is 73.4 Å². The highest BCUT2D eigenvalue weighted by Gasteiger charge is 2.36. The molecule has 7 nitrogen and oxygen atoms in total. The normalized spacial score (nSPS) is 16.9. The smallest absolute Gasteiger partial charge is 0.303 e. The summed E-state index contributed by atoms with van der Waals surface area (Å²) in [4.78, 5) is 18.6. The van der Waals surface area contributed by atoms with Crippen LogP contribution in [0.4, 0.5) is 5.69 Å². The molecular formula is C25H23Cl2N5O2S. The number of aromatic nitrogens is 1. The number of amidine groups is 1. The highest BCUT2D eigenvalue weighted by molar-refractivity contribution is 7.96. The molecule has 0 unspecified atom stereocenters. The standard InChI is InChI=1S/C25H23Cl2N5O2S/c26-17-7-9-22-19(15-17)24(18-5-1-2-6-20(18)27)28-21(8-10-23(33)34)25-29-32(16-31(22)25)35-14-13-30-11-3-4-12-30/h1-7,9,11-12,15,21H,8,10,13-14,16H2,(H,33,34)/t21-/m0/s1. The lowest BCUT2D eigenvalue weighted by Gasteiger charge is -2.23. The SMILES string of the molecule is O=C(O)CC[C@@H]1N=C(c2ccccc2Cl)c2cc(Cl)ccc2N2CN(SCCn3cccc3)N=C12. The predicted octanol–water partition coefficient (Wildman–Crippen LogP) is 5.62. The minimum absolute atomic E-state index is 0.0191. The van der Waals surface area contributed by atoms with Gasteiger partial charge in [-0.25, -0.2) is 4.41 Å². The van der Waals surface area contributed by atoms with Gasteiger partial charge in [-0.05, 0) is 54.8 Å². The van der Waals surface area contributed by atoms with Crippen LogP contribution in [-0.2, 0) is 11.3 Å². The van der Waals surface area contributed by atoms with Gasteiger partial charge in [0.25, 0.3) is 0 Å². The molecule has 1 aromatic heterocycles. The number of carbonyl (C=O) groups is 1. The van der Waals surface area contributed by atoms with Gasteiger partial charge in [0, 0.05) is 52.3 Å². The number of carboxylic acids is 1. The summed E-state index contributed by atoms with van der Waals surface area (Å²) in [5.41, 5.74) is 3.22. The fraction of sp³-hybridized carbons (Fsp3) is 0.240. The van der Waals surface area contributed by atoms with E-state index in [2.05, 4.69) is 9.47 Å². The molecule has 3 heterocycles. The largest absolute Gasteiger partial charge is 0.481 e. The van der Waals surface area contributed by atoms with Crippen LogP contribution in [0, 0.1) is 0 Å². The van der Waals surface area contributed by atoms with E-state index < -0.39 is 12.0 Å². The number of aliphatic carboxylic acids is 1. The maximum absolute atomic E-state index is 11.4. The third-order valence-electron chi connectivity index (χ3n) is 5.86. The van der Waals surface area contributed by atoms with Crippen LogP contribution >= 0.6 is 35.1 Å². The van der Waals surface area contributed by atoms with Gasteiger partial charge in [-0.3, -0.25) is 9.79 Å². The van der Waals surface area contributed by atoms with Crippen LogP contribution in [0.3, 0.4) is 0 Å². The molecule has 2 aliphatic heterocycles. The Morgan fingerprint density at radius 3 is 2.66 bits per heavy atom. The van der Waals surface area contributed by atoms with Crippen LogP contribution in [0.5, 0.6) is 0 Å². The molecule has 1 N–H and O–H groups in total. The average molecular weight is 528 g/mol. The molecule has 0 aliphatic carbocycles. The van der Waals surface area contributed by atoms with Gasteiger partial charge in [-0.2, -0.15) is 0 Å². The van der Waals surface area contributed by atoms with E-state index in [0.29, 0.717) is 28.8 Å². The fourth-order valence-corrected chi connectivity index (χ4v) is 5.46. The Kier molecular flexibility index (Phi) is 7.04. The van der Waals surface area contributed by atoms with Crippen molar-refractivity contribution in [3.63, 3.8) is 0 Å². The second-order valence-corrected chi connectivity index (χ2v) is 10.1. The number of benzene rings is 2. The molecule has 35 heavy (non-hydrogen) atoms. The first-order valence-corrected chi connectivity index (χ1v) is 12.9. The Hall–Kier alpha value is -2.94. The lowest BCUT2D eigenvalue weighted by molar-refractivity contribution is -0.137. The Bertz CT molecular complexity index is 1290. The highest BCUT2D eigenvalue weighted by Crippen LogP contribution is 2.36. The van der Waals surface area contributed by atoms with Gasteiger partial charge in [0.05, 0.1) is 11.4 Å². The van der Waals surface area contributed by atoms with Crippen LogP contribution in [-0.4, -0.2) is 50.1 Å². The molecule has 1 atom stereocenters. The molecule has 10 heteroatoms. The number of fused-ring (bicyclic) bond motifs is 3. The number of aryl methyl sites for hydroxylation is 1. The summed E-state index contributed by atoms with van der Waals surface area (Å²) in [7, 11) is 0. The first-order valence-electron chi connectivity index (χ1n) is 11.2. The van der Waals surface area contributed by atoms with Gasteiger partial charge in [0.15, 0.2) is 5.84 Å². The maximum atomic E-state index is 11.4. The summed E-state index contributed by atoms with van der Waals surface area (Å²) in [6.07, 6.45) is 4.38. The second kappa shape index (κ2) is 10.4. The molecule has 0 radical (unpaired) electrons. The molecule has 0 fully saturated rings. The van der Waals surface area contributed by atoms with Crippen molar-refractivity contribution in [3.8, 4) is 0 Å². The Morgan fingerprint density at radius 1 is 1.09 bits per heavy atom. The first-order chi connectivity index (χ1) is 17.0. The third kappa shape index (κ3) is 5.19. The molecule has 0 amide bonds. The summed E-state index contributed by atoms with van der Waals surface area (Å²) in [5.74, 6) is 0.707. The van der Waals surface area contributed by atoms with E-state index in [-0.39, 0.29) is 6.42 Å². The van der Waals surface area contributed by atoms with Crippen molar-refractivity contribution < 1.29 is 9.90 Å². The number of hydrazone groups is 1. The van der Waals surface area contributed by atoms with Gasteiger partial charge < -0.3 is 14.6 Å². The molecular weight excluding hydrogens is 505 g/mol. The molecule has 2 aliphatic rings. The van der Waals surface area contributed by atoms with E-state index in [4.69, 9.17) is 33.3 Å². The van der Waals surface area contributed by atoms with Gasteiger partial charge in [0.2, 0.25) is 0 Å².